The number of pyridine rings is 1. The van der Waals surface area contributed by atoms with Crippen LogP contribution in [-0.2, 0) is 12.6 Å². The fourth-order valence-electron chi connectivity index (χ4n) is 3.26. The van der Waals surface area contributed by atoms with Crippen LogP contribution in [0.5, 0.6) is 0 Å². The molecule has 0 saturated carbocycles. The second kappa shape index (κ2) is 9.90. The van der Waals surface area contributed by atoms with Gasteiger partial charge in [-0.3, -0.25) is 9.88 Å². The number of hydrogen-bond donors (Lipinski definition) is 0. The summed E-state index contributed by atoms with van der Waals surface area (Å²) in [4.78, 5) is 6.43. The number of halogens is 4. The molecule has 0 bridgehead atoms. The van der Waals surface area contributed by atoms with E-state index < -0.39 is 11.7 Å². The predicted molar refractivity (Wildman–Crippen MR) is 105 cm³/mol. The Morgan fingerprint density at radius 1 is 0.963 bits per heavy atom. The van der Waals surface area contributed by atoms with Gasteiger partial charge in [0.05, 0.1) is 5.56 Å². The van der Waals surface area contributed by atoms with Gasteiger partial charge in [0.1, 0.15) is 0 Å². The van der Waals surface area contributed by atoms with Crippen LogP contribution in [0.2, 0.25) is 0 Å². The van der Waals surface area contributed by atoms with Crippen molar-refractivity contribution in [2.45, 2.75) is 31.9 Å². The zero-order chi connectivity index (χ0) is 18.4. The standard InChI is InChI=1S/C21H23F3N2.ClH/c22-21(23,24)20-6-4-18(5-7-20)19-10-15-26(16-11-19)14-2-1-3-17-8-12-25-13-9-17;/h4-10,12-13H,1-3,11,14-16H2;1H. The van der Waals surface area contributed by atoms with Gasteiger partial charge in [-0.15, -0.1) is 12.4 Å². The van der Waals surface area contributed by atoms with Gasteiger partial charge in [-0.25, -0.2) is 0 Å². The van der Waals surface area contributed by atoms with Crippen LogP contribution in [0, 0.1) is 0 Å². The molecule has 0 unspecified atom stereocenters. The molecule has 2 aromatic rings. The predicted octanol–water partition coefficient (Wildman–Crippen LogP) is 5.63. The normalized spacial score (nSPS) is 15.1. The summed E-state index contributed by atoms with van der Waals surface area (Å²) < 4.78 is 37.9. The molecule has 2 heterocycles. The first kappa shape index (κ1) is 21.5. The molecule has 1 aromatic carbocycles. The van der Waals surface area contributed by atoms with E-state index in [0.717, 1.165) is 56.5 Å². The van der Waals surface area contributed by atoms with Crippen molar-refractivity contribution in [3.63, 3.8) is 0 Å². The monoisotopic (exact) mass is 396 g/mol. The molecule has 27 heavy (non-hydrogen) atoms. The maximum atomic E-state index is 12.6. The van der Waals surface area contributed by atoms with Crippen molar-refractivity contribution in [2.24, 2.45) is 0 Å². The van der Waals surface area contributed by atoms with E-state index >= 15 is 0 Å². The van der Waals surface area contributed by atoms with E-state index in [4.69, 9.17) is 0 Å². The van der Waals surface area contributed by atoms with Gasteiger partial charge in [0.15, 0.2) is 0 Å². The molecular formula is C21H24ClF3N2. The van der Waals surface area contributed by atoms with E-state index in [-0.39, 0.29) is 12.4 Å². The van der Waals surface area contributed by atoms with E-state index in [9.17, 15) is 13.2 Å². The number of aromatic nitrogens is 1. The highest BCUT2D eigenvalue weighted by molar-refractivity contribution is 5.85. The molecule has 0 spiro atoms. The molecule has 1 aromatic heterocycles. The maximum Gasteiger partial charge on any atom is 0.416 e. The van der Waals surface area contributed by atoms with Gasteiger partial charge in [-0.05, 0) is 73.2 Å². The lowest BCUT2D eigenvalue weighted by atomic mass is 9.98. The fourth-order valence-corrected chi connectivity index (χ4v) is 3.26. The van der Waals surface area contributed by atoms with Crippen molar-refractivity contribution in [1.29, 1.82) is 0 Å². The summed E-state index contributed by atoms with van der Waals surface area (Å²) >= 11 is 0. The van der Waals surface area contributed by atoms with Crippen molar-refractivity contribution in [1.82, 2.24) is 9.88 Å². The lowest BCUT2D eigenvalue weighted by Crippen LogP contribution is -2.29. The van der Waals surface area contributed by atoms with Crippen LogP contribution in [0.1, 0.15) is 36.0 Å². The van der Waals surface area contributed by atoms with E-state index in [2.05, 4.69) is 28.1 Å². The van der Waals surface area contributed by atoms with Gasteiger partial charge in [0, 0.05) is 25.5 Å². The SMILES string of the molecule is Cl.FC(F)(F)c1ccc(C2=CCN(CCCCc3ccncc3)CC2)cc1. The summed E-state index contributed by atoms with van der Waals surface area (Å²) in [6, 6.07) is 9.61. The summed E-state index contributed by atoms with van der Waals surface area (Å²) in [5.41, 5.74) is 2.78. The largest absolute Gasteiger partial charge is 0.416 e. The number of alkyl halides is 3. The van der Waals surface area contributed by atoms with Crippen LogP contribution in [0.3, 0.4) is 0 Å². The van der Waals surface area contributed by atoms with Crippen molar-refractivity contribution in [3.8, 4) is 0 Å². The van der Waals surface area contributed by atoms with Gasteiger partial charge in [0.2, 0.25) is 0 Å². The molecule has 146 valence electrons. The molecule has 0 saturated heterocycles. The third-order valence-corrected chi connectivity index (χ3v) is 4.82. The third kappa shape index (κ3) is 6.36. The Morgan fingerprint density at radius 3 is 2.26 bits per heavy atom. The molecule has 0 radical (unpaired) electrons. The zero-order valence-corrected chi connectivity index (χ0v) is 15.9. The Bertz CT molecular complexity index is 727. The Morgan fingerprint density at radius 2 is 1.67 bits per heavy atom. The van der Waals surface area contributed by atoms with Crippen molar-refractivity contribution >= 4 is 18.0 Å². The summed E-state index contributed by atoms with van der Waals surface area (Å²) in [5.74, 6) is 0. The molecule has 0 amide bonds. The molecular weight excluding hydrogens is 373 g/mol. The van der Waals surface area contributed by atoms with Gasteiger partial charge < -0.3 is 0 Å². The third-order valence-electron chi connectivity index (χ3n) is 4.82. The number of nitrogens with zero attached hydrogens (tertiary/aromatic N) is 2. The first-order valence-corrected chi connectivity index (χ1v) is 9.00. The molecule has 0 atom stereocenters. The Hall–Kier alpha value is -1.85. The average molecular weight is 397 g/mol. The number of benzene rings is 1. The quantitative estimate of drug-likeness (QED) is 0.588. The van der Waals surface area contributed by atoms with Gasteiger partial charge in [-0.2, -0.15) is 13.2 Å². The molecule has 0 aliphatic carbocycles. The number of unbranched alkanes of at least 4 members (excludes halogenated alkanes) is 1. The Kier molecular flexibility index (Phi) is 7.87. The Labute approximate surface area is 164 Å². The lowest BCUT2D eigenvalue weighted by molar-refractivity contribution is -0.137. The van der Waals surface area contributed by atoms with Crippen LogP contribution in [0.4, 0.5) is 13.2 Å². The maximum absolute atomic E-state index is 12.6. The first-order valence-electron chi connectivity index (χ1n) is 9.00. The van der Waals surface area contributed by atoms with E-state index in [1.165, 1.54) is 17.7 Å². The van der Waals surface area contributed by atoms with Crippen molar-refractivity contribution in [3.05, 3.63) is 71.6 Å². The molecule has 0 fully saturated rings. The Balaban J connectivity index is 0.00000261. The van der Waals surface area contributed by atoms with Gasteiger partial charge in [0.25, 0.3) is 0 Å². The van der Waals surface area contributed by atoms with E-state index in [1.807, 2.05) is 12.4 Å². The smallest absolute Gasteiger partial charge is 0.299 e. The number of rotatable bonds is 6. The highest BCUT2D eigenvalue weighted by Crippen LogP contribution is 2.31. The van der Waals surface area contributed by atoms with Crippen LogP contribution in [0.25, 0.3) is 5.57 Å². The van der Waals surface area contributed by atoms with E-state index in [0.29, 0.717) is 0 Å². The van der Waals surface area contributed by atoms with Gasteiger partial charge in [-0.1, -0.05) is 18.2 Å². The van der Waals surface area contributed by atoms with Gasteiger partial charge >= 0.3 is 6.18 Å². The zero-order valence-electron chi connectivity index (χ0n) is 15.1. The lowest BCUT2D eigenvalue weighted by Gasteiger charge is -2.26. The topological polar surface area (TPSA) is 16.1 Å². The van der Waals surface area contributed by atoms with Crippen LogP contribution in [-0.4, -0.2) is 29.5 Å². The fraction of sp³-hybridized carbons (Fsp3) is 0.381. The van der Waals surface area contributed by atoms with E-state index in [1.54, 1.807) is 12.1 Å². The molecule has 3 rings (SSSR count). The van der Waals surface area contributed by atoms with Crippen molar-refractivity contribution in [2.75, 3.05) is 19.6 Å². The molecule has 1 aliphatic heterocycles. The highest BCUT2D eigenvalue weighted by atomic mass is 35.5. The van der Waals surface area contributed by atoms with Crippen LogP contribution >= 0.6 is 12.4 Å². The summed E-state index contributed by atoms with van der Waals surface area (Å²) in [7, 11) is 0. The second-order valence-corrected chi connectivity index (χ2v) is 6.67. The summed E-state index contributed by atoms with van der Waals surface area (Å²) in [5, 5.41) is 0. The number of hydrogen-bond acceptors (Lipinski definition) is 2. The molecule has 6 heteroatoms. The minimum absolute atomic E-state index is 0. The molecule has 0 N–H and O–H groups in total. The number of aryl methyl sites for hydroxylation is 1. The minimum Gasteiger partial charge on any atom is -0.299 e. The first-order chi connectivity index (χ1) is 12.5. The van der Waals surface area contributed by atoms with Crippen molar-refractivity contribution < 1.29 is 13.2 Å². The second-order valence-electron chi connectivity index (χ2n) is 6.67. The highest BCUT2D eigenvalue weighted by Gasteiger charge is 2.30. The minimum atomic E-state index is -4.27. The summed E-state index contributed by atoms with van der Waals surface area (Å²) in [6.07, 6.45) is 5.78. The van der Waals surface area contributed by atoms with Crippen LogP contribution < -0.4 is 0 Å². The van der Waals surface area contributed by atoms with Crippen LogP contribution in [0.15, 0.2) is 54.9 Å². The molecule has 2 nitrogen and oxygen atoms in total. The summed E-state index contributed by atoms with van der Waals surface area (Å²) in [6.45, 7) is 2.88. The average Bonchev–Trinajstić information content (AvgIpc) is 2.66. The molecule has 1 aliphatic rings.